The number of aliphatic hydroxyl groups is 1. The minimum absolute atomic E-state index is 0.273. The molecule has 0 spiro atoms. The van der Waals surface area contributed by atoms with Crippen LogP contribution in [-0.2, 0) is 0 Å². The van der Waals surface area contributed by atoms with Crippen LogP contribution in [0.15, 0.2) is 36.4 Å². The number of halogens is 1. The average molecular weight is 292 g/mol. The van der Waals surface area contributed by atoms with Crippen molar-refractivity contribution in [3.8, 4) is 11.4 Å². The second-order valence-electron chi connectivity index (χ2n) is 4.68. The predicted molar refractivity (Wildman–Crippen MR) is 81.9 cm³/mol. The van der Waals surface area contributed by atoms with E-state index in [9.17, 15) is 5.11 Å². The van der Waals surface area contributed by atoms with Crippen LogP contribution < -0.4 is 5.32 Å². The highest BCUT2D eigenvalue weighted by Crippen LogP contribution is 2.20. The first-order valence-corrected chi connectivity index (χ1v) is 7.05. The fourth-order valence-electron chi connectivity index (χ4n) is 1.84. The molecule has 2 N–H and O–H groups in total. The molecule has 20 heavy (non-hydrogen) atoms. The molecule has 1 unspecified atom stereocenters. The smallest absolute Gasteiger partial charge is 0.163 e. The Labute approximate surface area is 123 Å². The summed E-state index contributed by atoms with van der Waals surface area (Å²) in [6.07, 6.45) is 1.36. The second-order valence-corrected chi connectivity index (χ2v) is 5.07. The Kier molecular flexibility index (Phi) is 5.32. The van der Waals surface area contributed by atoms with Crippen molar-refractivity contribution in [1.29, 1.82) is 0 Å². The summed E-state index contributed by atoms with van der Waals surface area (Å²) in [5.41, 5.74) is 0.932. The number of nitrogens with one attached hydrogen (secondary N) is 1. The Bertz CT molecular complexity index is 546. The van der Waals surface area contributed by atoms with Gasteiger partial charge in [-0.15, -0.1) is 0 Å². The van der Waals surface area contributed by atoms with Crippen molar-refractivity contribution in [2.45, 2.75) is 25.9 Å². The molecular formula is C15H18ClN3O. The van der Waals surface area contributed by atoms with Crippen molar-refractivity contribution >= 4 is 17.4 Å². The fourth-order valence-corrected chi connectivity index (χ4v) is 2.02. The number of aliphatic hydroxyl groups excluding tert-OH is 1. The summed E-state index contributed by atoms with van der Waals surface area (Å²) >= 11 is 6.03. The lowest BCUT2D eigenvalue weighted by atomic mass is 10.2. The average Bonchev–Trinajstić information content (AvgIpc) is 2.44. The van der Waals surface area contributed by atoms with Crippen molar-refractivity contribution in [3.05, 3.63) is 41.6 Å². The maximum absolute atomic E-state index is 9.21. The van der Waals surface area contributed by atoms with Crippen molar-refractivity contribution in [1.82, 2.24) is 9.97 Å². The third-order valence-electron chi connectivity index (χ3n) is 2.83. The number of hydrogen-bond acceptors (Lipinski definition) is 4. The van der Waals surface area contributed by atoms with Crippen LogP contribution in [0.5, 0.6) is 0 Å². The van der Waals surface area contributed by atoms with Gasteiger partial charge in [-0.1, -0.05) is 41.9 Å². The molecule has 0 aliphatic carbocycles. The van der Waals surface area contributed by atoms with E-state index in [2.05, 4.69) is 15.3 Å². The van der Waals surface area contributed by atoms with E-state index < -0.39 is 0 Å². The van der Waals surface area contributed by atoms with Gasteiger partial charge in [0.25, 0.3) is 0 Å². The molecule has 0 amide bonds. The lowest BCUT2D eigenvalue weighted by Crippen LogP contribution is -2.08. The molecule has 0 aliphatic rings. The molecule has 0 aliphatic heterocycles. The highest BCUT2D eigenvalue weighted by Gasteiger charge is 2.05. The zero-order chi connectivity index (χ0) is 14.4. The van der Waals surface area contributed by atoms with Gasteiger partial charge < -0.3 is 10.4 Å². The quantitative estimate of drug-likeness (QED) is 0.633. The minimum Gasteiger partial charge on any atom is -0.393 e. The van der Waals surface area contributed by atoms with E-state index in [4.69, 9.17) is 11.6 Å². The molecule has 1 heterocycles. The third-order valence-corrected chi connectivity index (χ3v) is 3.03. The maximum atomic E-state index is 9.21. The van der Waals surface area contributed by atoms with Crippen LogP contribution in [0.1, 0.15) is 19.8 Å². The molecule has 1 aromatic carbocycles. The lowest BCUT2D eigenvalue weighted by Gasteiger charge is -2.09. The topological polar surface area (TPSA) is 58.0 Å². The van der Waals surface area contributed by atoms with Crippen molar-refractivity contribution in [2.24, 2.45) is 0 Å². The number of nitrogens with zero attached hydrogens (tertiary/aromatic N) is 2. The molecular weight excluding hydrogens is 274 g/mol. The van der Waals surface area contributed by atoms with Crippen LogP contribution in [0.4, 0.5) is 5.82 Å². The molecule has 106 valence electrons. The van der Waals surface area contributed by atoms with Gasteiger partial charge in [0, 0.05) is 18.2 Å². The van der Waals surface area contributed by atoms with Crippen LogP contribution in [0.3, 0.4) is 0 Å². The van der Waals surface area contributed by atoms with Crippen LogP contribution in [0.25, 0.3) is 11.4 Å². The molecule has 2 aromatic rings. The van der Waals surface area contributed by atoms with Crippen LogP contribution in [0, 0.1) is 0 Å². The summed E-state index contributed by atoms with van der Waals surface area (Å²) in [5.74, 6) is 1.31. The standard InChI is InChI=1S/C15H18ClN3O/c1-11(20)6-5-9-17-14-10-13(16)18-15(19-14)12-7-3-2-4-8-12/h2-4,7-8,10-11,20H,5-6,9H2,1H3,(H,17,18,19). The summed E-state index contributed by atoms with van der Waals surface area (Å²) in [6, 6.07) is 11.4. The Balaban J connectivity index is 2.05. The molecule has 0 fully saturated rings. The molecule has 0 radical (unpaired) electrons. The van der Waals surface area contributed by atoms with E-state index in [1.54, 1.807) is 13.0 Å². The monoisotopic (exact) mass is 291 g/mol. The second kappa shape index (κ2) is 7.22. The minimum atomic E-state index is -0.273. The molecule has 1 aromatic heterocycles. The number of benzene rings is 1. The van der Waals surface area contributed by atoms with Gasteiger partial charge in [-0.3, -0.25) is 0 Å². The van der Waals surface area contributed by atoms with E-state index in [0.717, 1.165) is 24.9 Å². The van der Waals surface area contributed by atoms with Gasteiger partial charge in [-0.25, -0.2) is 9.97 Å². The third kappa shape index (κ3) is 4.47. The molecule has 5 heteroatoms. The Morgan fingerprint density at radius 1 is 1.25 bits per heavy atom. The fraction of sp³-hybridized carbons (Fsp3) is 0.333. The highest BCUT2D eigenvalue weighted by molar-refractivity contribution is 6.29. The van der Waals surface area contributed by atoms with Gasteiger partial charge in [0.05, 0.1) is 6.10 Å². The normalized spacial score (nSPS) is 12.2. The van der Waals surface area contributed by atoms with Crippen LogP contribution >= 0.6 is 11.6 Å². The van der Waals surface area contributed by atoms with Gasteiger partial charge in [0.15, 0.2) is 5.82 Å². The summed E-state index contributed by atoms with van der Waals surface area (Å²) in [5, 5.41) is 12.8. The number of rotatable bonds is 6. The van der Waals surface area contributed by atoms with Crippen LogP contribution in [-0.4, -0.2) is 27.7 Å². The zero-order valence-corrected chi connectivity index (χ0v) is 12.1. The van der Waals surface area contributed by atoms with Gasteiger partial charge in [0.2, 0.25) is 0 Å². The molecule has 0 saturated carbocycles. The molecule has 4 nitrogen and oxygen atoms in total. The molecule has 0 bridgehead atoms. The molecule has 1 atom stereocenters. The first-order chi connectivity index (χ1) is 9.65. The SMILES string of the molecule is CC(O)CCCNc1cc(Cl)nc(-c2ccccc2)n1. The zero-order valence-electron chi connectivity index (χ0n) is 11.4. The van der Waals surface area contributed by atoms with Crippen molar-refractivity contribution in [3.63, 3.8) is 0 Å². The predicted octanol–water partition coefficient (Wildman–Crippen LogP) is 3.37. The first-order valence-electron chi connectivity index (χ1n) is 6.67. The van der Waals surface area contributed by atoms with Crippen molar-refractivity contribution < 1.29 is 5.11 Å². The van der Waals surface area contributed by atoms with Gasteiger partial charge in [0.1, 0.15) is 11.0 Å². The van der Waals surface area contributed by atoms with Crippen LogP contribution in [0.2, 0.25) is 5.15 Å². The van der Waals surface area contributed by atoms with E-state index in [1.807, 2.05) is 30.3 Å². The van der Waals surface area contributed by atoms with E-state index in [0.29, 0.717) is 16.8 Å². The van der Waals surface area contributed by atoms with Crippen molar-refractivity contribution in [2.75, 3.05) is 11.9 Å². The number of anilines is 1. The summed E-state index contributed by atoms with van der Waals surface area (Å²) in [7, 11) is 0. The summed E-state index contributed by atoms with van der Waals surface area (Å²) in [6.45, 7) is 2.53. The Morgan fingerprint density at radius 3 is 2.70 bits per heavy atom. The highest BCUT2D eigenvalue weighted by atomic mass is 35.5. The Hall–Kier alpha value is -1.65. The lowest BCUT2D eigenvalue weighted by molar-refractivity contribution is 0.183. The van der Waals surface area contributed by atoms with Gasteiger partial charge >= 0.3 is 0 Å². The first kappa shape index (κ1) is 14.8. The van der Waals surface area contributed by atoms with Gasteiger partial charge in [-0.2, -0.15) is 0 Å². The summed E-state index contributed by atoms with van der Waals surface area (Å²) < 4.78 is 0. The van der Waals surface area contributed by atoms with E-state index in [1.165, 1.54) is 0 Å². The largest absolute Gasteiger partial charge is 0.393 e. The Morgan fingerprint density at radius 2 is 2.00 bits per heavy atom. The van der Waals surface area contributed by atoms with Gasteiger partial charge in [-0.05, 0) is 19.8 Å². The molecule has 2 rings (SSSR count). The molecule has 0 saturated heterocycles. The van der Waals surface area contributed by atoms with E-state index >= 15 is 0 Å². The van der Waals surface area contributed by atoms with E-state index in [-0.39, 0.29) is 6.10 Å². The maximum Gasteiger partial charge on any atom is 0.163 e. The number of aromatic nitrogens is 2. The number of hydrogen-bond donors (Lipinski definition) is 2. The summed E-state index contributed by atoms with van der Waals surface area (Å²) in [4.78, 5) is 8.69.